The lowest BCUT2D eigenvalue weighted by molar-refractivity contribution is 0.152. The van der Waals surface area contributed by atoms with Gasteiger partial charge in [-0.2, -0.15) is 0 Å². The Bertz CT molecular complexity index is 1440. The van der Waals surface area contributed by atoms with Gasteiger partial charge in [0.25, 0.3) is 0 Å². The van der Waals surface area contributed by atoms with Gasteiger partial charge in [-0.05, 0) is 23.8 Å². The number of halogens is 2. The molecule has 4 aliphatic heterocycles. The Labute approximate surface area is 206 Å². The summed E-state index contributed by atoms with van der Waals surface area (Å²) >= 11 is 6.33. The maximum Gasteiger partial charge on any atom is 0.231 e. The summed E-state index contributed by atoms with van der Waals surface area (Å²) in [4.78, 5) is 14.1. The van der Waals surface area contributed by atoms with Crippen LogP contribution in [0.25, 0.3) is 5.69 Å². The van der Waals surface area contributed by atoms with Gasteiger partial charge in [-0.3, -0.25) is 9.47 Å². The minimum absolute atomic E-state index is 0.0334. The van der Waals surface area contributed by atoms with Crippen LogP contribution in [-0.4, -0.2) is 81.8 Å². The summed E-state index contributed by atoms with van der Waals surface area (Å²) in [7, 11) is -2.95. The van der Waals surface area contributed by atoms with E-state index in [0.717, 1.165) is 49.2 Å². The Hall–Kier alpha value is -2.83. The van der Waals surface area contributed by atoms with Gasteiger partial charge < -0.3 is 9.80 Å². The Morgan fingerprint density at radius 2 is 1.83 bits per heavy atom. The van der Waals surface area contributed by atoms with E-state index in [4.69, 9.17) is 11.6 Å². The molecule has 0 radical (unpaired) electrons. The molecule has 3 saturated heterocycles. The van der Waals surface area contributed by atoms with Crippen LogP contribution in [-0.2, 0) is 22.9 Å². The quantitative estimate of drug-likeness (QED) is 0.509. The summed E-state index contributed by atoms with van der Waals surface area (Å²) in [6.07, 6.45) is 2.56. The number of aromatic nitrogens is 5. The fourth-order valence-corrected chi connectivity index (χ4v) is 7.47. The van der Waals surface area contributed by atoms with Gasteiger partial charge in [-0.25, -0.2) is 22.8 Å². The number of fused-ring (bicyclic) bond motifs is 3. The van der Waals surface area contributed by atoms with Crippen molar-refractivity contribution >= 4 is 33.2 Å². The highest BCUT2D eigenvalue weighted by Crippen LogP contribution is 2.44. The van der Waals surface area contributed by atoms with Gasteiger partial charge in [0.15, 0.2) is 27.3 Å². The molecule has 0 bridgehead atoms. The zero-order valence-electron chi connectivity index (χ0n) is 18.7. The third kappa shape index (κ3) is 3.41. The lowest BCUT2D eigenvalue weighted by Crippen LogP contribution is -2.73. The van der Waals surface area contributed by atoms with Crippen molar-refractivity contribution in [3.05, 3.63) is 53.0 Å². The molecule has 0 atom stereocenters. The molecule has 3 aromatic rings. The van der Waals surface area contributed by atoms with Gasteiger partial charge in [0.2, 0.25) is 5.95 Å². The summed E-state index contributed by atoms with van der Waals surface area (Å²) in [6.45, 7) is 4.16. The summed E-state index contributed by atoms with van der Waals surface area (Å²) in [5.41, 5.74) is 2.06. The van der Waals surface area contributed by atoms with Crippen molar-refractivity contribution in [3.8, 4) is 5.69 Å². The molecule has 13 heteroatoms. The lowest BCUT2D eigenvalue weighted by Gasteiger charge is -2.60. The van der Waals surface area contributed by atoms with E-state index in [1.165, 1.54) is 12.5 Å². The maximum atomic E-state index is 14.0. The topological polar surface area (TPSA) is 100 Å². The zero-order chi connectivity index (χ0) is 23.9. The first-order valence-electron chi connectivity index (χ1n) is 11.4. The van der Waals surface area contributed by atoms with Crippen LogP contribution >= 0.6 is 11.6 Å². The summed E-state index contributed by atoms with van der Waals surface area (Å²) in [6, 6.07) is 5.74. The molecular weight excluding hydrogens is 495 g/mol. The Kier molecular flexibility index (Phi) is 4.50. The van der Waals surface area contributed by atoms with Crippen LogP contribution in [0.1, 0.15) is 11.4 Å². The predicted octanol–water partition coefficient (Wildman–Crippen LogP) is 1.29. The first-order valence-corrected chi connectivity index (χ1v) is 13.6. The van der Waals surface area contributed by atoms with Crippen LogP contribution in [0.3, 0.4) is 0 Å². The van der Waals surface area contributed by atoms with Crippen LogP contribution in [0.5, 0.6) is 0 Å². The summed E-state index contributed by atoms with van der Waals surface area (Å²) in [5, 5.41) is 9.67. The first-order chi connectivity index (χ1) is 16.8. The van der Waals surface area contributed by atoms with Crippen LogP contribution in [0.2, 0.25) is 5.02 Å². The Balaban J connectivity index is 1.15. The van der Waals surface area contributed by atoms with E-state index >= 15 is 0 Å². The predicted molar refractivity (Wildman–Crippen MR) is 127 cm³/mol. The molecular formula is C22H22ClFN8O2S. The van der Waals surface area contributed by atoms with E-state index < -0.39 is 15.7 Å². The monoisotopic (exact) mass is 516 g/mol. The number of hydrogen-bond donors (Lipinski definition) is 0. The van der Waals surface area contributed by atoms with Crippen LogP contribution < -0.4 is 9.80 Å². The number of benzene rings is 1. The van der Waals surface area contributed by atoms with E-state index in [0.29, 0.717) is 23.9 Å². The van der Waals surface area contributed by atoms with E-state index in [1.807, 2.05) is 23.1 Å². The van der Waals surface area contributed by atoms with Crippen molar-refractivity contribution < 1.29 is 12.8 Å². The van der Waals surface area contributed by atoms with E-state index in [9.17, 15) is 12.8 Å². The fraction of sp³-hybridized carbons (Fsp3) is 0.455. The molecule has 1 aromatic carbocycles. The van der Waals surface area contributed by atoms with E-state index in [1.54, 1.807) is 0 Å². The molecule has 0 aliphatic carbocycles. The fourth-order valence-electron chi connectivity index (χ4n) is 5.78. The number of rotatable bonds is 3. The number of anilines is 2. The SMILES string of the molecule is O=S1(=O)CC(N2Cc3cc(Cl)ccc3-n3c(nnc3N3CC4(CN(c5ncncc5F)C4)C3)C2)C1. The van der Waals surface area contributed by atoms with Crippen molar-refractivity contribution in [2.75, 3.05) is 47.5 Å². The van der Waals surface area contributed by atoms with Gasteiger partial charge in [-0.15, -0.1) is 10.2 Å². The Morgan fingerprint density at radius 3 is 2.57 bits per heavy atom. The standard InChI is InChI=1S/C22H22ClFN8O2S/c23-15-1-2-18-14(3-15)5-29(16-7-35(33,34)8-16)6-19-27-28-21(32(18)19)31-11-22(12-31)9-30(10-22)20-17(24)4-25-13-26-20/h1-4,13,16H,5-12H2. The molecule has 10 nitrogen and oxygen atoms in total. The molecule has 182 valence electrons. The first kappa shape index (κ1) is 21.5. The van der Waals surface area contributed by atoms with Gasteiger partial charge in [0.05, 0.1) is 29.9 Å². The molecule has 0 amide bonds. The average Bonchev–Trinajstić information content (AvgIpc) is 3.06. The van der Waals surface area contributed by atoms with Gasteiger partial charge >= 0.3 is 0 Å². The molecule has 0 unspecified atom stereocenters. The highest BCUT2D eigenvalue weighted by molar-refractivity contribution is 7.92. The molecule has 0 N–H and O–H groups in total. The molecule has 3 fully saturated rings. The lowest BCUT2D eigenvalue weighted by atomic mass is 9.73. The third-order valence-electron chi connectivity index (χ3n) is 7.46. The zero-order valence-corrected chi connectivity index (χ0v) is 20.3. The smallest absolute Gasteiger partial charge is 0.231 e. The van der Waals surface area contributed by atoms with E-state index in [2.05, 4.69) is 34.5 Å². The second-order valence-electron chi connectivity index (χ2n) is 10.1. The number of sulfone groups is 1. The summed E-state index contributed by atoms with van der Waals surface area (Å²) in [5.74, 6) is 1.84. The van der Waals surface area contributed by atoms with Crippen molar-refractivity contribution in [2.45, 2.75) is 19.1 Å². The number of hydrogen-bond acceptors (Lipinski definition) is 9. The number of nitrogens with zero attached hydrogens (tertiary/aromatic N) is 8. The highest BCUT2D eigenvalue weighted by Gasteiger charge is 2.54. The Morgan fingerprint density at radius 1 is 1.06 bits per heavy atom. The van der Waals surface area contributed by atoms with Crippen molar-refractivity contribution in [3.63, 3.8) is 0 Å². The minimum Gasteiger partial charge on any atom is -0.353 e. The molecule has 1 spiro atoms. The average molecular weight is 517 g/mol. The molecule has 4 aliphatic rings. The molecule has 2 aromatic heterocycles. The van der Waals surface area contributed by atoms with Crippen molar-refractivity contribution in [2.24, 2.45) is 5.41 Å². The maximum absolute atomic E-state index is 14.0. The second-order valence-corrected chi connectivity index (χ2v) is 12.7. The summed E-state index contributed by atoms with van der Waals surface area (Å²) < 4.78 is 39.8. The third-order valence-corrected chi connectivity index (χ3v) is 9.48. The molecule has 0 saturated carbocycles. The minimum atomic E-state index is -2.95. The van der Waals surface area contributed by atoms with Gasteiger partial charge in [-0.1, -0.05) is 11.6 Å². The molecule has 35 heavy (non-hydrogen) atoms. The largest absolute Gasteiger partial charge is 0.353 e. The van der Waals surface area contributed by atoms with Gasteiger partial charge in [0.1, 0.15) is 6.33 Å². The van der Waals surface area contributed by atoms with Gasteiger partial charge in [0, 0.05) is 49.2 Å². The normalized spacial score (nSPS) is 22.6. The molecule has 6 heterocycles. The van der Waals surface area contributed by atoms with Crippen molar-refractivity contribution in [1.82, 2.24) is 29.6 Å². The second kappa shape index (κ2) is 7.34. The van der Waals surface area contributed by atoms with Crippen LogP contribution in [0, 0.1) is 11.2 Å². The molecule has 7 rings (SSSR count). The van der Waals surface area contributed by atoms with E-state index in [-0.39, 0.29) is 23.0 Å². The van der Waals surface area contributed by atoms with Crippen LogP contribution in [0.15, 0.2) is 30.7 Å². The van der Waals surface area contributed by atoms with Crippen LogP contribution in [0.4, 0.5) is 16.2 Å². The van der Waals surface area contributed by atoms with Crippen molar-refractivity contribution in [1.29, 1.82) is 0 Å². The highest BCUT2D eigenvalue weighted by atomic mass is 35.5.